The normalized spacial score (nSPS) is 11.2. The number of hydrogen-bond acceptors (Lipinski definition) is 8. The molecule has 2 aromatic heterocycles. The summed E-state index contributed by atoms with van der Waals surface area (Å²) in [5.41, 5.74) is 2.56. The number of oxazole rings is 1. The van der Waals surface area contributed by atoms with Gasteiger partial charge in [-0.2, -0.15) is 10.2 Å². The number of rotatable bonds is 6. The maximum atomic E-state index is 11.3. The van der Waals surface area contributed by atoms with Crippen molar-refractivity contribution in [2.45, 2.75) is 26.4 Å². The first kappa shape index (κ1) is 20.0. The second-order valence-corrected chi connectivity index (χ2v) is 7.45. The van der Waals surface area contributed by atoms with Gasteiger partial charge in [-0.05, 0) is 63.2 Å². The van der Waals surface area contributed by atoms with Gasteiger partial charge < -0.3 is 19.8 Å². The van der Waals surface area contributed by atoms with Crippen LogP contribution in [0, 0.1) is 18.3 Å². The smallest absolute Gasteiger partial charge is 0.417 e. The molecular weight excluding hydrogens is 396 g/mol. The molecule has 0 unspecified atom stereocenters. The Morgan fingerprint density at radius 1 is 1.13 bits per heavy atom. The summed E-state index contributed by atoms with van der Waals surface area (Å²) in [7, 11) is 0. The largest absolute Gasteiger partial charge is 0.473 e. The lowest BCUT2D eigenvalue weighted by Crippen LogP contribution is -2.25. The number of H-pyrrole nitrogens is 1. The van der Waals surface area contributed by atoms with Gasteiger partial charge in [0.2, 0.25) is 5.95 Å². The molecule has 4 rings (SSSR count). The topological polar surface area (TPSA) is 129 Å². The number of anilines is 4. The van der Waals surface area contributed by atoms with E-state index in [0.717, 1.165) is 16.9 Å². The predicted molar refractivity (Wildman–Crippen MR) is 117 cm³/mol. The summed E-state index contributed by atoms with van der Waals surface area (Å²) in [6.07, 6.45) is 1.71. The number of aromatic nitrogens is 3. The van der Waals surface area contributed by atoms with E-state index in [1.165, 1.54) is 0 Å². The molecular formula is C22H20N6O3. The first-order valence-corrected chi connectivity index (χ1v) is 9.52. The van der Waals surface area contributed by atoms with E-state index in [-0.39, 0.29) is 0 Å². The Balaban J connectivity index is 1.50. The van der Waals surface area contributed by atoms with Crippen molar-refractivity contribution in [3.05, 3.63) is 64.8 Å². The molecule has 0 bridgehead atoms. The summed E-state index contributed by atoms with van der Waals surface area (Å²) < 4.78 is 10.7. The van der Waals surface area contributed by atoms with Gasteiger partial charge in [-0.25, -0.2) is 9.78 Å². The van der Waals surface area contributed by atoms with Crippen molar-refractivity contribution in [1.82, 2.24) is 15.0 Å². The second kappa shape index (κ2) is 7.84. The molecule has 156 valence electrons. The Bertz CT molecular complexity index is 1330. The minimum absolute atomic E-state index is 0.414. The van der Waals surface area contributed by atoms with Crippen LogP contribution in [-0.4, -0.2) is 20.6 Å². The number of hydrogen-bond donors (Lipinski definition) is 3. The molecule has 31 heavy (non-hydrogen) atoms. The molecule has 0 amide bonds. The number of nitriles is 1. The maximum absolute atomic E-state index is 11.3. The third-order valence-electron chi connectivity index (χ3n) is 4.41. The third-order valence-corrected chi connectivity index (χ3v) is 4.41. The minimum atomic E-state index is -0.901. The van der Waals surface area contributed by atoms with Crippen LogP contribution in [0.4, 0.5) is 23.1 Å². The van der Waals surface area contributed by atoms with E-state index in [1.54, 1.807) is 50.4 Å². The van der Waals surface area contributed by atoms with Crippen LogP contribution in [0.25, 0.3) is 11.1 Å². The maximum Gasteiger partial charge on any atom is 0.417 e. The number of fused-ring (bicyclic) bond motifs is 1. The lowest BCUT2D eigenvalue weighted by atomic mass is 10.2. The van der Waals surface area contributed by atoms with Crippen molar-refractivity contribution < 1.29 is 9.15 Å². The van der Waals surface area contributed by atoms with E-state index in [1.807, 2.05) is 19.1 Å². The van der Waals surface area contributed by atoms with E-state index in [9.17, 15) is 4.79 Å². The van der Waals surface area contributed by atoms with Crippen LogP contribution in [0.1, 0.15) is 19.4 Å². The highest BCUT2D eigenvalue weighted by Crippen LogP contribution is 2.25. The van der Waals surface area contributed by atoms with Crippen molar-refractivity contribution in [1.29, 1.82) is 5.26 Å². The van der Waals surface area contributed by atoms with Crippen LogP contribution in [0.2, 0.25) is 0 Å². The van der Waals surface area contributed by atoms with E-state index in [4.69, 9.17) is 14.4 Å². The van der Waals surface area contributed by atoms with Crippen LogP contribution in [0.5, 0.6) is 5.75 Å². The molecule has 4 aromatic rings. The summed E-state index contributed by atoms with van der Waals surface area (Å²) in [5.74, 6) is 1.14. The van der Waals surface area contributed by atoms with Crippen molar-refractivity contribution in [2.75, 3.05) is 10.6 Å². The molecule has 0 aliphatic rings. The van der Waals surface area contributed by atoms with Crippen molar-refractivity contribution in [3.8, 4) is 11.8 Å². The van der Waals surface area contributed by atoms with E-state index < -0.39 is 11.4 Å². The molecule has 0 radical (unpaired) electrons. The number of aromatic amines is 1. The summed E-state index contributed by atoms with van der Waals surface area (Å²) >= 11 is 0. The van der Waals surface area contributed by atoms with Gasteiger partial charge in [-0.1, -0.05) is 0 Å². The van der Waals surface area contributed by atoms with Gasteiger partial charge in [0, 0.05) is 23.1 Å². The van der Waals surface area contributed by atoms with Gasteiger partial charge in [0.15, 0.2) is 11.2 Å². The Morgan fingerprint density at radius 2 is 1.87 bits per heavy atom. The van der Waals surface area contributed by atoms with Crippen LogP contribution in [-0.2, 0) is 0 Å². The molecule has 9 nitrogen and oxygen atoms in total. The number of nitrogens with zero attached hydrogens (tertiary/aromatic N) is 3. The van der Waals surface area contributed by atoms with Crippen LogP contribution >= 0.6 is 0 Å². The highest BCUT2D eigenvalue weighted by atomic mass is 16.5. The van der Waals surface area contributed by atoms with Crippen molar-refractivity contribution in [2.24, 2.45) is 0 Å². The average molecular weight is 416 g/mol. The molecule has 0 spiro atoms. The Kier molecular flexibility index (Phi) is 5.05. The standard InChI is InChI=1S/C22H20N6O3/c1-13-11-24-20(26-14-4-7-16(8-5-14)31-22(2,3)12-23)28-19(13)25-15-6-9-18-17(10-15)27-21(29)30-18/h4-11H,1-3H3,(H,27,29)(H2,24,25,26,28). The molecule has 2 aromatic carbocycles. The SMILES string of the molecule is Cc1cnc(Nc2ccc(OC(C)(C)C#N)cc2)nc1Nc1ccc2oc(=O)[nH]c2c1. The van der Waals surface area contributed by atoms with Crippen LogP contribution in [0.15, 0.2) is 57.9 Å². The van der Waals surface area contributed by atoms with Crippen molar-refractivity contribution >= 4 is 34.2 Å². The fraction of sp³-hybridized carbons (Fsp3) is 0.182. The zero-order valence-electron chi connectivity index (χ0n) is 17.2. The molecule has 0 aliphatic carbocycles. The molecule has 0 saturated carbocycles. The summed E-state index contributed by atoms with van der Waals surface area (Å²) in [5, 5.41) is 15.5. The molecule has 0 fully saturated rings. The molecule has 0 saturated heterocycles. The van der Waals surface area contributed by atoms with E-state index in [0.29, 0.717) is 28.6 Å². The lowest BCUT2D eigenvalue weighted by Gasteiger charge is -2.18. The van der Waals surface area contributed by atoms with Gasteiger partial charge in [-0.3, -0.25) is 4.98 Å². The molecule has 2 heterocycles. The lowest BCUT2D eigenvalue weighted by molar-refractivity contribution is 0.170. The van der Waals surface area contributed by atoms with Gasteiger partial charge in [0.05, 0.1) is 5.52 Å². The summed E-state index contributed by atoms with van der Waals surface area (Å²) in [4.78, 5) is 22.8. The zero-order valence-corrected chi connectivity index (χ0v) is 17.2. The fourth-order valence-electron chi connectivity index (χ4n) is 2.85. The predicted octanol–water partition coefficient (Wildman–Crippen LogP) is 4.39. The number of benzene rings is 2. The Hall–Kier alpha value is -4.32. The summed E-state index contributed by atoms with van der Waals surface area (Å²) in [6.45, 7) is 5.30. The van der Waals surface area contributed by atoms with E-state index in [2.05, 4.69) is 31.7 Å². The summed E-state index contributed by atoms with van der Waals surface area (Å²) in [6, 6.07) is 14.6. The number of aryl methyl sites for hydroxylation is 1. The van der Waals surface area contributed by atoms with Crippen LogP contribution in [0.3, 0.4) is 0 Å². The van der Waals surface area contributed by atoms with Gasteiger partial charge in [0.1, 0.15) is 17.6 Å². The first-order valence-electron chi connectivity index (χ1n) is 9.52. The average Bonchev–Trinajstić information content (AvgIpc) is 3.11. The van der Waals surface area contributed by atoms with Gasteiger partial charge >= 0.3 is 5.76 Å². The number of nitrogens with one attached hydrogen (secondary N) is 3. The quantitative estimate of drug-likeness (QED) is 0.422. The van der Waals surface area contributed by atoms with Crippen molar-refractivity contribution in [3.63, 3.8) is 0 Å². The molecule has 0 atom stereocenters. The molecule has 0 aliphatic heterocycles. The van der Waals surface area contributed by atoms with Crippen LogP contribution < -0.4 is 21.1 Å². The Labute approximate surface area is 177 Å². The first-order chi connectivity index (χ1) is 14.8. The van der Waals surface area contributed by atoms with E-state index >= 15 is 0 Å². The monoisotopic (exact) mass is 416 g/mol. The zero-order chi connectivity index (χ0) is 22.0. The molecule has 9 heteroatoms. The third kappa shape index (κ3) is 4.64. The Morgan fingerprint density at radius 3 is 2.61 bits per heavy atom. The van der Waals surface area contributed by atoms with Gasteiger partial charge in [-0.15, -0.1) is 0 Å². The minimum Gasteiger partial charge on any atom is -0.473 e. The highest BCUT2D eigenvalue weighted by Gasteiger charge is 2.18. The van der Waals surface area contributed by atoms with Gasteiger partial charge in [0.25, 0.3) is 0 Å². The highest BCUT2D eigenvalue weighted by molar-refractivity contribution is 5.78. The second-order valence-electron chi connectivity index (χ2n) is 7.45. The fourth-order valence-corrected chi connectivity index (χ4v) is 2.85. The number of ether oxygens (including phenoxy) is 1. The molecule has 3 N–H and O–H groups in total.